The van der Waals surface area contributed by atoms with E-state index >= 15 is 0 Å². The number of pyridine rings is 1. The summed E-state index contributed by atoms with van der Waals surface area (Å²) in [6.07, 6.45) is 1.67. The molecular formula is C13H9N3O2S2. The molecule has 3 aromatic rings. The second-order valence-corrected chi connectivity index (χ2v) is 7.17. The van der Waals surface area contributed by atoms with Gasteiger partial charge in [0, 0.05) is 6.20 Å². The summed E-state index contributed by atoms with van der Waals surface area (Å²) in [5, 5.41) is 0. The van der Waals surface area contributed by atoms with Crippen LogP contribution >= 0.6 is 22.7 Å². The molecule has 1 aliphatic rings. The Morgan fingerprint density at radius 2 is 2.10 bits per heavy atom. The molecule has 0 N–H and O–H groups in total. The van der Waals surface area contributed by atoms with Gasteiger partial charge >= 0.3 is 0 Å². The van der Waals surface area contributed by atoms with Crippen molar-refractivity contribution >= 4 is 33.8 Å². The van der Waals surface area contributed by atoms with E-state index < -0.39 is 5.60 Å². The Morgan fingerprint density at radius 3 is 2.95 bits per heavy atom. The third kappa shape index (κ3) is 1.60. The largest absolute Gasteiger partial charge is 0.464 e. The van der Waals surface area contributed by atoms with Gasteiger partial charge in [0.05, 0.1) is 9.75 Å². The number of nitrogens with zero attached hydrogens (tertiary/aromatic N) is 3. The molecule has 7 heteroatoms. The Morgan fingerprint density at radius 1 is 1.25 bits per heavy atom. The monoisotopic (exact) mass is 303 g/mol. The lowest BCUT2D eigenvalue weighted by molar-refractivity contribution is 0.103. The van der Waals surface area contributed by atoms with Crippen molar-refractivity contribution in [3.05, 3.63) is 32.1 Å². The fourth-order valence-electron chi connectivity index (χ4n) is 2.22. The Hall–Kier alpha value is -1.86. The van der Waals surface area contributed by atoms with Gasteiger partial charge in [0.25, 0.3) is 4.06 Å². The van der Waals surface area contributed by atoms with Gasteiger partial charge in [0.1, 0.15) is 16.8 Å². The van der Waals surface area contributed by atoms with Gasteiger partial charge < -0.3 is 4.74 Å². The SMILES string of the molecule is CC1(C)Oc2nc3cccnc3nc2-c2sc(=O)sc21. The molecule has 0 bridgehead atoms. The van der Waals surface area contributed by atoms with Crippen molar-refractivity contribution < 1.29 is 4.74 Å². The molecule has 0 fully saturated rings. The molecule has 0 amide bonds. The highest BCUT2D eigenvalue weighted by Crippen LogP contribution is 2.46. The third-order valence-corrected chi connectivity index (χ3v) is 5.56. The predicted molar refractivity (Wildman–Crippen MR) is 78.4 cm³/mol. The maximum atomic E-state index is 11.7. The maximum Gasteiger partial charge on any atom is 0.288 e. The lowest BCUT2D eigenvalue weighted by Gasteiger charge is -2.30. The molecule has 5 nitrogen and oxygen atoms in total. The van der Waals surface area contributed by atoms with Crippen molar-refractivity contribution in [1.29, 1.82) is 0 Å². The van der Waals surface area contributed by atoms with Crippen LogP contribution in [0.1, 0.15) is 18.7 Å². The molecule has 20 heavy (non-hydrogen) atoms. The number of hydrogen-bond acceptors (Lipinski definition) is 7. The summed E-state index contributed by atoms with van der Waals surface area (Å²) in [6.45, 7) is 3.87. The Kier molecular flexibility index (Phi) is 2.28. The number of rotatable bonds is 0. The summed E-state index contributed by atoms with van der Waals surface area (Å²) < 4.78 is 5.99. The standard InChI is InChI=1S/C13H9N3O2S2/c1-13(2)9-8(19-12(17)20-9)7-11(18-13)15-6-4-3-5-14-10(6)16-7/h3-5H,1-2H3. The predicted octanol–water partition coefficient (Wildman–Crippen LogP) is 2.80. The minimum absolute atomic E-state index is 0.0439. The van der Waals surface area contributed by atoms with Gasteiger partial charge in [-0.2, -0.15) is 0 Å². The molecule has 0 atom stereocenters. The third-order valence-electron chi connectivity index (χ3n) is 3.10. The zero-order chi connectivity index (χ0) is 13.9. The fourth-order valence-corrected chi connectivity index (χ4v) is 4.51. The van der Waals surface area contributed by atoms with Crippen molar-refractivity contribution in [2.24, 2.45) is 0 Å². The minimum atomic E-state index is -0.559. The smallest absolute Gasteiger partial charge is 0.288 e. The second-order valence-electron chi connectivity index (χ2n) is 4.95. The Bertz CT molecular complexity index is 898. The molecule has 4 rings (SSSR count). The first kappa shape index (κ1) is 11.9. The molecule has 4 heterocycles. The van der Waals surface area contributed by atoms with Crippen molar-refractivity contribution in [1.82, 2.24) is 15.0 Å². The summed E-state index contributed by atoms with van der Waals surface area (Å²) in [4.78, 5) is 26.7. The molecule has 0 unspecified atom stereocenters. The number of ether oxygens (including phenoxy) is 1. The minimum Gasteiger partial charge on any atom is -0.464 e. The van der Waals surface area contributed by atoms with Gasteiger partial charge in [-0.25, -0.2) is 15.0 Å². The molecule has 0 saturated carbocycles. The average molecular weight is 303 g/mol. The van der Waals surface area contributed by atoms with Gasteiger partial charge in [-0.1, -0.05) is 22.7 Å². The first-order valence-corrected chi connectivity index (χ1v) is 7.64. The van der Waals surface area contributed by atoms with Crippen molar-refractivity contribution in [2.75, 3.05) is 0 Å². The second kappa shape index (κ2) is 3.83. The van der Waals surface area contributed by atoms with Gasteiger partial charge in [-0.3, -0.25) is 4.79 Å². The molecule has 0 aliphatic carbocycles. The van der Waals surface area contributed by atoms with Crippen LogP contribution in [0.2, 0.25) is 0 Å². The van der Waals surface area contributed by atoms with Crippen LogP contribution in [-0.4, -0.2) is 15.0 Å². The lowest BCUT2D eigenvalue weighted by atomic mass is 10.0. The van der Waals surface area contributed by atoms with E-state index in [1.165, 1.54) is 22.7 Å². The number of aromatic nitrogens is 3. The van der Waals surface area contributed by atoms with Gasteiger partial charge in [-0.05, 0) is 26.0 Å². The molecule has 1 aliphatic heterocycles. The Balaban J connectivity index is 2.10. The molecular weight excluding hydrogens is 294 g/mol. The van der Waals surface area contributed by atoms with E-state index in [1.54, 1.807) is 6.20 Å². The van der Waals surface area contributed by atoms with Crippen LogP contribution in [0.15, 0.2) is 23.1 Å². The van der Waals surface area contributed by atoms with E-state index in [2.05, 4.69) is 15.0 Å². The van der Waals surface area contributed by atoms with Crippen LogP contribution in [0.5, 0.6) is 5.88 Å². The molecule has 0 spiro atoms. The van der Waals surface area contributed by atoms with E-state index in [-0.39, 0.29) is 4.06 Å². The van der Waals surface area contributed by atoms with Crippen LogP contribution in [-0.2, 0) is 5.60 Å². The molecule has 0 aromatic carbocycles. The summed E-state index contributed by atoms with van der Waals surface area (Å²) >= 11 is 2.41. The fraction of sp³-hybridized carbons (Fsp3) is 0.231. The summed E-state index contributed by atoms with van der Waals surface area (Å²) in [5.74, 6) is 0.469. The zero-order valence-electron chi connectivity index (χ0n) is 10.7. The molecule has 0 saturated heterocycles. The average Bonchev–Trinajstić information content (AvgIpc) is 2.80. The molecule has 0 radical (unpaired) electrons. The van der Waals surface area contributed by atoms with Crippen molar-refractivity contribution in [3.63, 3.8) is 0 Å². The highest BCUT2D eigenvalue weighted by atomic mass is 32.2. The highest BCUT2D eigenvalue weighted by Gasteiger charge is 2.37. The van der Waals surface area contributed by atoms with E-state index in [0.29, 0.717) is 22.7 Å². The first-order chi connectivity index (χ1) is 9.54. The Labute approximate surface area is 121 Å². The van der Waals surface area contributed by atoms with Crippen LogP contribution < -0.4 is 8.79 Å². The number of fused-ring (bicyclic) bond motifs is 4. The quantitative estimate of drug-likeness (QED) is 0.639. The summed E-state index contributed by atoms with van der Waals surface area (Å²) in [6, 6.07) is 3.66. The van der Waals surface area contributed by atoms with E-state index in [9.17, 15) is 4.79 Å². The van der Waals surface area contributed by atoms with Crippen LogP contribution in [0.3, 0.4) is 0 Å². The van der Waals surface area contributed by atoms with Gasteiger partial charge in [-0.15, -0.1) is 0 Å². The van der Waals surface area contributed by atoms with Crippen LogP contribution in [0.4, 0.5) is 0 Å². The van der Waals surface area contributed by atoms with E-state index in [1.807, 2.05) is 26.0 Å². The van der Waals surface area contributed by atoms with Gasteiger partial charge in [0.2, 0.25) is 5.88 Å². The highest BCUT2D eigenvalue weighted by molar-refractivity contribution is 7.29. The number of hydrogen-bond donors (Lipinski definition) is 0. The lowest BCUT2D eigenvalue weighted by Crippen LogP contribution is -2.28. The van der Waals surface area contributed by atoms with Gasteiger partial charge in [0.15, 0.2) is 5.65 Å². The maximum absolute atomic E-state index is 11.7. The summed E-state index contributed by atoms with van der Waals surface area (Å²) in [5.41, 5.74) is 1.31. The normalized spacial score (nSPS) is 15.5. The van der Waals surface area contributed by atoms with Crippen molar-refractivity contribution in [2.45, 2.75) is 19.4 Å². The molecule has 100 valence electrons. The topological polar surface area (TPSA) is 65.0 Å². The first-order valence-electron chi connectivity index (χ1n) is 6.01. The zero-order valence-corrected chi connectivity index (χ0v) is 12.3. The van der Waals surface area contributed by atoms with Crippen LogP contribution in [0, 0.1) is 0 Å². The summed E-state index contributed by atoms with van der Waals surface area (Å²) in [7, 11) is 0. The van der Waals surface area contributed by atoms with Crippen molar-refractivity contribution in [3.8, 4) is 16.5 Å². The van der Waals surface area contributed by atoms with Crippen LogP contribution in [0.25, 0.3) is 21.7 Å². The molecule has 3 aromatic heterocycles. The van der Waals surface area contributed by atoms with E-state index in [4.69, 9.17) is 4.74 Å². The van der Waals surface area contributed by atoms with E-state index in [0.717, 1.165) is 9.75 Å².